The van der Waals surface area contributed by atoms with Gasteiger partial charge in [0.05, 0.1) is 13.5 Å². The highest BCUT2D eigenvalue weighted by atomic mass is 15.0. The molecule has 1 aromatic heterocycles. The molecule has 3 aromatic carbocycles. The maximum absolute atomic E-state index is 6.71. The first-order chi connectivity index (χ1) is 13.1. The molecule has 1 atom stereocenters. The summed E-state index contributed by atoms with van der Waals surface area (Å²) in [4.78, 5) is 0. The molecule has 0 fully saturated rings. The Morgan fingerprint density at radius 2 is 1.52 bits per heavy atom. The second-order valence-electron chi connectivity index (χ2n) is 7.28. The van der Waals surface area contributed by atoms with Crippen molar-refractivity contribution < 1.29 is 0 Å². The molecule has 0 saturated heterocycles. The fourth-order valence-electron chi connectivity index (χ4n) is 4.00. The second-order valence-corrected chi connectivity index (χ2v) is 7.28. The van der Waals surface area contributed by atoms with Gasteiger partial charge in [-0.05, 0) is 57.9 Å². The Morgan fingerprint density at radius 3 is 2.37 bits per heavy atom. The van der Waals surface area contributed by atoms with Crippen LogP contribution >= 0.6 is 0 Å². The molecule has 0 aliphatic heterocycles. The molecule has 1 heterocycles. The van der Waals surface area contributed by atoms with E-state index < -0.39 is 5.31 Å². The lowest BCUT2D eigenvalue weighted by Crippen LogP contribution is -2.20. The Balaban J connectivity index is 1.47. The molecule has 128 valence electrons. The van der Waals surface area contributed by atoms with E-state index in [0.717, 1.165) is 22.6 Å². The molecule has 5 rings (SSSR count). The van der Waals surface area contributed by atoms with Gasteiger partial charge in [0.15, 0.2) is 0 Å². The zero-order valence-electron chi connectivity index (χ0n) is 15.2. The van der Waals surface area contributed by atoms with Crippen LogP contribution in [-0.4, -0.2) is 12.4 Å². The summed E-state index contributed by atoms with van der Waals surface area (Å²) >= 11 is 0. The number of fused-ring (bicyclic) bond motifs is 3. The third-order valence-electron chi connectivity index (χ3n) is 5.39. The predicted molar refractivity (Wildman–Crippen MR) is 113 cm³/mol. The summed E-state index contributed by atoms with van der Waals surface area (Å²) in [6.45, 7) is 2.09. The van der Waals surface area contributed by atoms with Crippen molar-refractivity contribution >= 4 is 19.2 Å². The van der Waals surface area contributed by atoms with Crippen LogP contribution < -0.4 is 5.32 Å². The van der Waals surface area contributed by atoms with E-state index in [0.29, 0.717) is 0 Å². The van der Waals surface area contributed by atoms with Gasteiger partial charge in [-0.15, -0.1) is 0 Å². The maximum atomic E-state index is 6.71. The minimum absolute atomic E-state index is 0.473. The van der Waals surface area contributed by atoms with Gasteiger partial charge in [-0.25, -0.2) is 0 Å². The van der Waals surface area contributed by atoms with Crippen LogP contribution in [0.2, 0.25) is 0 Å². The lowest BCUT2D eigenvalue weighted by Gasteiger charge is -2.22. The highest BCUT2D eigenvalue weighted by Gasteiger charge is 2.34. The van der Waals surface area contributed by atoms with Crippen molar-refractivity contribution in [1.29, 1.82) is 0 Å². The van der Waals surface area contributed by atoms with Gasteiger partial charge in [-0.2, -0.15) is 0 Å². The highest BCUT2D eigenvalue weighted by molar-refractivity contribution is 6.21. The second kappa shape index (κ2) is 5.92. The molecule has 2 radical (unpaired) electrons. The molecule has 0 bridgehead atoms. The van der Waals surface area contributed by atoms with E-state index in [-0.39, 0.29) is 0 Å². The van der Waals surface area contributed by atoms with Gasteiger partial charge >= 0.3 is 0 Å². The fourth-order valence-corrected chi connectivity index (χ4v) is 4.00. The molecule has 1 aliphatic rings. The van der Waals surface area contributed by atoms with E-state index in [1.165, 1.54) is 16.7 Å². The Morgan fingerprint density at radius 1 is 0.778 bits per heavy atom. The molecular weight excluding hydrogens is 327 g/mol. The molecule has 1 aliphatic carbocycles. The SMILES string of the molecule is [B]C1(C)c2ccccc2-c2ccc(Nc3ccn(-c4ccccc4)c3)cc21. The number of hydrogen-bond donors (Lipinski definition) is 1. The number of nitrogens with one attached hydrogen (secondary N) is 1. The van der Waals surface area contributed by atoms with Crippen molar-refractivity contribution in [3.63, 3.8) is 0 Å². The third kappa shape index (κ3) is 2.58. The standard InChI is InChI=1S/C24H19BN2/c1-24(25)22-10-6-5-9-20(22)21-12-11-17(15-23(21)24)26-18-13-14-27(16-18)19-7-3-2-4-8-19/h2-16,26H,1H3. The summed E-state index contributed by atoms with van der Waals surface area (Å²) in [5.74, 6) is 0. The van der Waals surface area contributed by atoms with Crippen LogP contribution in [0.1, 0.15) is 18.1 Å². The van der Waals surface area contributed by atoms with Gasteiger partial charge in [0, 0.05) is 23.8 Å². The molecule has 3 heteroatoms. The van der Waals surface area contributed by atoms with Crippen molar-refractivity contribution in [2.45, 2.75) is 12.2 Å². The summed E-state index contributed by atoms with van der Waals surface area (Å²) in [6.07, 6.45) is 4.16. The Hall–Kier alpha value is -3.20. The maximum Gasteiger partial charge on any atom is 0.0871 e. The summed E-state index contributed by atoms with van der Waals surface area (Å²) in [7, 11) is 6.71. The first kappa shape index (κ1) is 16.0. The number of anilines is 2. The molecule has 2 nitrogen and oxygen atoms in total. The first-order valence-corrected chi connectivity index (χ1v) is 9.17. The number of para-hydroxylation sites is 1. The lowest BCUT2D eigenvalue weighted by molar-refractivity contribution is 0.850. The van der Waals surface area contributed by atoms with E-state index in [2.05, 4.69) is 89.9 Å². The van der Waals surface area contributed by atoms with Gasteiger partial charge < -0.3 is 9.88 Å². The van der Waals surface area contributed by atoms with Gasteiger partial charge in [-0.3, -0.25) is 0 Å². The minimum atomic E-state index is -0.473. The molecule has 1 N–H and O–H groups in total. The number of nitrogens with zero attached hydrogens (tertiary/aromatic N) is 1. The zero-order valence-corrected chi connectivity index (χ0v) is 15.2. The van der Waals surface area contributed by atoms with Crippen molar-refractivity contribution in [3.05, 3.63) is 102 Å². The van der Waals surface area contributed by atoms with E-state index in [1.807, 2.05) is 18.2 Å². The lowest BCUT2D eigenvalue weighted by atomic mass is 9.64. The van der Waals surface area contributed by atoms with Gasteiger partial charge in [0.1, 0.15) is 0 Å². The van der Waals surface area contributed by atoms with Crippen LogP contribution in [0, 0.1) is 0 Å². The Bertz CT molecular complexity index is 1130. The summed E-state index contributed by atoms with van der Waals surface area (Å²) < 4.78 is 2.11. The Labute approximate surface area is 160 Å². The quantitative estimate of drug-likeness (QED) is 0.476. The zero-order chi connectivity index (χ0) is 18.4. The van der Waals surface area contributed by atoms with Gasteiger partial charge in [-0.1, -0.05) is 55.5 Å². The molecular formula is C24H19BN2. The topological polar surface area (TPSA) is 17.0 Å². The van der Waals surface area contributed by atoms with Crippen molar-refractivity contribution in [3.8, 4) is 16.8 Å². The monoisotopic (exact) mass is 346 g/mol. The number of rotatable bonds is 3. The molecule has 0 amide bonds. The van der Waals surface area contributed by atoms with E-state index >= 15 is 0 Å². The molecule has 27 heavy (non-hydrogen) atoms. The van der Waals surface area contributed by atoms with Crippen LogP contribution in [0.5, 0.6) is 0 Å². The summed E-state index contributed by atoms with van der Waals surface area (Å²) in [6, 6.07) is 27.3. The van der Waals surface area contributed by atoms with E-state index in [4.69, 9.17) is 7.85 Å². The van der Waals surface area contributed by atoms with Crippen molar-refractivity contribution in [1.82, 2.24) is 4.57 Å². The molecule has 0 spiro atoms. The molecule has 4 aromatic rings. The van der Waals surface area contributed by atoms with Crippen LogP contribution in [0.15, 0.2) is 91.3 Å². The van der Waals surface area contributed by atoms with Crippen molar-refractivity contribution in [2.24, 2.45) is 0 Å². The van der Waals surface area contributed by atoms with Gasteiger partial charge in [0.2, 0.25) is 0 Å². The van der Waals surface area contributed by atoms with Crippen molar-refractivity contribution in [2.75, 3.05) is 5.32 Å². The molecule has 1 unspecified atom stereocenters. The number of aromatic nitrogens is 1. The van der Waals surface area contributed by atoms with Crippen LogP contribution in [0.3, 0.4) is 0 Å². The average Bonchev–Trinajstić information content (AvgIpc) is 3.25. The normalized spacial score (nSPS) is 17.4. The summed E-state index contributed by atoms with van der Waals surface area (Å²) in [5, 5.41) is 3.04. The minimum Gasteiger partial charge on any atom is -0.354 e. The smallest absolute Gasteiger partial charge is 0.0871 e. The number of hydrogen-bond acceptors (Lipinski definition) is 1. The highest BCUT2D eigenvalue weighted by Crippen LogP contribution is 2.47. The van der Waals surface area contributed by atoms with Gasteiger partial charge in [0.25, 0.3) is 0 Å². The van der Waals surface area contributed by atoms with Crippen LogP contribution in [0.25, 0.3) is 16.8 Å². The average molecular weight is 346 g/mol. The largest absolute Gasteiger partial charge is 0.354 e. The van der Waals surface area contributed by atoms with Crippen LogP contribution in [0.4, 0.5) is 11.4 Å². The Kier molecular flexibility index (Phi) is 3.51. The van der Waals surface area contributed by atoms with Crippen LogP contribution in [-0.2, 0) is 5.31 Å². The predicted octanol–water partition coefficient (Wildman–Crippen LogP) is 5.63. The molecule has 0 saturated carbocycles. The summed E-state index contributed by atoms with van der Waals surface area (Å²) in [5.41, 5.74) is 8.05. The first-order valence-electron chi connectivity index (χ1n) is 9.17. The number of benzene rings is 3. The van der Waals surface area contributed by atoms with E-state index in [1.54, 1.807) is 0 Å². The fraction of sp³-hybridized carbons (Fsp3) is 0.0833. The van der Waals surface area contributed by atoms with E-state index in [9.17, 15) is 0 Å². The third-order valence-corrected chi connectivity index (χ3v) is 5.39.